The van der Waals surface area contributed by atoms with Crippen molar-refractivity contribution in [2.24, 2.45) is 0 Å². The number of likely N-dealkylation sites (N-methyl/N-ethyl adjacent to an activating group) is 1. The Kier molecular flexibility index (Phi) is 4.24. The van der Waals surface area contributed by atoms with Gasteiger partial charge in [0.1, 0.15) is 5.75 Å². The minimum Gasteiger partial charge on any atom is -0.496 e. The first kappa shape index (κ1) is 13.4. The number of ether oxygens (including phenoxy) is 1. The van der Waals surface area contributed by atoms with Gasteiger partial charge in [0, 0.05) is 18.2 Å². The minimum atomic E-state index is -0.0290. The van der Waals surface area contributed by atoms with Gasteiger partial charge in [-0.05, 0) is 54.1 Å². The predicted octanol–water partition coefficient (Wildman–Crippen LogP) is 1.89. The molecule has 1 aromatic carbocycles. The minimum absolute atomic E-state index is 0.0290. The van der Waals surface area contributed by atoms with Gasteiger partial charge in [0.25, 0.3) is 5.91 Å². The first-order chi connectivity index (χ1) is 8.60. The number of nitrogens with zero attached hydrogens (tertiary/aromatic N) is 1. The number of carbonyl (C=O) groups is 1. The summed E-state index contributed by atoms with van der Waals surface area (Å²) in [6, 6.07) is 5.60. The van der Waals surface area contributed by atoms with Gasteiger partial charge in [-0.1, -0.05) is 0 Å². The zero-order valence-electron chi connectivity index (χ0n) is 10.6. The number of rotatable bonds is 3. The fourth-order valence-electron chi connectivity index (χ4n) is 2.13. The van der Waals surface area contributed by atoms with Gasteiger partial charge < -0.3 is 15.0 Å². The molecular formula is C13H17BrN2O2. The number of methoxy groups -OCH3 is 1. The van der Waals surface area contributed by atoms with Crippen LogP contribution in [-0.2, 0) is 0 Å². The molecule has 1 N–H and O–H groups in total. The third-order valence-electron chi connectivity index (χ3n) is 3.14. The van der Waals surface area contributed by atoms with Crippen LogP contribution in [-0.4, -0.2) is 44.1 Å². The molecule has 0 spiro atoms. The van der Waals surface area contributed by atoms with Crippen molar-refractivity contribution < 1.29 is 9.53 Å². The summed E-state index contributed by atoms with van der Waals surface area (Å²) in [7, 11) is 3.67. The van der Waals surface area contributed by atoms with Crippen molar-refractivity contribution in [3.05, 3.63) is 28.2 Å². The molecule has 1 amide bonds. The van der Waals surface area contributed by atoms with E-state index in [1.54, 1.807) is 25.3 Å². The van der Waals surface area contributed by atoms with Gasteiger partial charge in [-0.25, -0.2) is 0 Å². The van der Waals surface area contributed by atoms with Gasteiger partial charge in [-0.3, -0.25) is 4.79 Å². The summed E-state index contributed by atoms with van der Waals surface area (Å²) in [4.78, 5) is 14.3. The van der Waals surface area contributed by atoms with Crippen molar-refractivity contribution in [3.8, 4) is 5.75 Å². The second kappa shape index (κ2) is 5.71. The average molecular weight is 313 g/mol. The van der Waals surface area contributed by atoms with Crippen LogP contribution < -0.4 is 10.1 Å². The van der Waals surface area contributed by atoms with E-state index in [1.165, 1.54) is 0 Å². The van der Waals surface area contributed by atoms with E-state index in [0.29, 0.717) is 5.56 Å². The number of nitrogens with one attached hydrogen (secondary N) is 1. The third kappa shape index (κ3) is 3.03. The van der Waals surface area contributed by atoms with Crippen molar-refractivity contribution in [1.82, 2.24) is 10.2 Å². The quantitative estimate of drug-likeness (QED) is 0.926. The standard InChI is InChI=1S/C13H17BrN2O2/c1-16-6-5-10(8-16)15-13(17)9-3-4-12(18-2)11(14)7-9/h3-4,7,10H,5-6,8H2,1-2H3,(H,15,17). The summed E-state index contributed by atoms with van der Waals surface area (Å²) in [5, 5.41) is 3.05. The van der Waals surface area contributed by atoms with Gasteiger partial charge in [0.15, 0.2) is 0 Å². The number of hydrogen-bond acceptors (Lipinski definition) is 3. The number of carbonyl (C=O) groups excluding carboxylic acids is 1. The Hall–Kier alpha value is -1.07. The Morgan fingerprint density at radius 2 is 2.33 bits per heavy atom. The van der Waals surface area contributed by atoms with Crippen molar-refractivity contribution in [3.63, 3.8) is 0 Å². The second-order valence-corrected chi connectivity index (χ2v) is 5.42. The lowest BCUT2D eigenvalue weighted by molar-refractivity contribution is 0.0938. The van der Waals surface area contributed by atoms with E-state index in [-0.39, 0.29) is 11.9 Å². The van der Waals surface area contributed by atoms with Gasteiger partial charge in [0.2, 0.25) is 0 Å². The van der Waals surface area contributed by atoms with E-state index in [4.69, 9.17) is 4.74 Å². The molecule has 1 unspecified atom stereocenters. The molecule has 0 aliphatic carbocycles. The molecule has 1 saturated heterocycles. The van der Waals surface area contributed by atoms with Crippen LogP contribution in [0, 0.1) is 0 Å². The molecule has 98 valence electrons. The lowest BCUT2D eigenvalue weighted by Gasteiger charge is -2.13. The molecule has 2 rings (SSSR count). The molecule has 1 heterocycles. The molecule has 1 fully saturated rings. The third-order valence-corrected chi connectivity index (χ3v) is 3.76. The highest BCUT2D eigenvalue weighted by molar-refractivity contribution is 9.10. The van der Waals surface area contributed by atoms with Crippen molar-refractivity contribution >= 4 is 21.8 Å². The highest BCUT2D eigenvalue weighted by Gasteiger charge is 2.21. The molecule has 0 saturated carbocycles. The Labute approximate surface area is 115 Å². The molecule has 0 bridgehead atoms. The fourth-order valence-corrected chi connectivity index (χ4v) is 2.67. The average Bonchev–Trinajstić information content (AvgIpc) is 2.74. The number of hydrogen-bond donors (Lipinski definition) is 1. The molecule has 1 aromatic rings. The Bertz CT molecular complexity index is 451. The maximum atomic E-state index is 12.1. The summed E-state index contributed by atoms with van der Waals surface area (Å²) in [5.41, 5.74) is 0.650. The second-order valence-electron chi connectivity index (χ2n) is 4.57. The monoisotopic (exact) mass is 312 g/mol. The van der Waals surface area contributed by atoms with Crippen LogP contribution in [0.5, 0.6) is 5.75 Å². The van der Waals surface area contributed by atoms with Crippen molar-refractivity contribution in [1.29, 1.82) is 0 Å². The molecule has 1 aliphatic rings. The van der Waals surface area contributed by atoms with Gasteiger partial charge in [-0.2, -0.15) is 0 Å². The molecule has 4 nitrogen and oxygen atoms in total. The van der Waals surface area contributed by atoms with E-state index < -0.39 is 0 Å². The van der Waals surface area contributed by atoms with E-state index >= 15 is 0 Å². The van der Waals surface area contributed by atoms with Crippen LogP contribution in [0.3, 0.4) is 0 Å². The summed E-state index contributed by atoms with van der Waals surface area (Å²) >= 11 is 3.38. The zero-order valence-corrected chi connectivity index (χ0v) is 12.2. The number of benzene rings is 1. The zero-order chi connectivity index (χ0) is 13.1. The van der Waals surface area contributed by atoms with Crippen molar-refractivity contribution in [2.45, 2.75) is 12.5 Å². The predicted molar refractivity (Wildman–Crippen MR) is 74.1 cm³/mol. The summed E-state index contributed by atoms with van der Waals surface area (Å²) < 4.78 is 5.93. The Morgan fingerprint density at radius 3 is 2.89 bits per heavy atom. The largest absolute Gasteiger partial charge is 0.496 e. The lowest BCUT2D eigenvalue weighted by atomic mass is 10.2. The molecule has 0 aromatic heterocycles. The van der Waals surface area contributed by atoms with Gasteiger partial charge in [-0.15, -0.1) is 0 Å². The number of amides is 1. The van der Waals surface area contributed by atoms with Gasteiger partial charge in [0.05, 0.1) is 11.6 Å². The van der Waals surface area contributed by atoms with Crippen LogP contribution in [0.1, 0.15) is 16.8 Å². The SMILES string of the molecule is COc1ccc(C(=O)NC2CCN(C)C2)cc1Br. The van der Waals surface area contributed by atoms with E-state index in [9.17, 15) is 4.79 Å². The highest BCUT2D eigenvalue weighted by Crippen LogP contribution is 2.25. The topological polar surface area (TPSA) is 41.6 Å². The summed E-state index contributed by atoms with van der Waals surface area (Å²) in [5.74, 6) is 0.700. The number of halogens is 1. The molecule has 18 heavy (non-hydrogen) atoms. The van der Waals surface area contributed by atoms with E-state index in [2.05, 4.69) is 33.2 Å². The molecule has 0 radical (unpaired) electrons. The maximum Gasteiger partial charge on any atom is 0.251 e. The Balaban J connectivity index is 2.02. The van der Waals surface area contributed by atoms with Crippen molar-refractivity contribution in [2.75, 3.05) is 27.2 Å². The fraction of sp³-hybridized carbons (Fsp3) is 0.462. The van der Waals surface area contributed by atoms with Crippen LogP contribution in [0.25, 0.3) is 0 Å². The number of likely N-dealkylation sites (tertiary alicyclic amines) is 1. The smallest absolute Gasteiger partial charge is 0.251 e. The van der Waals surface area contributed by atoms with Crippen LogP contribution in [0.15, 0.2) is 22.7 Å². The van der Waals surface area contributed by atoms with E-state index in [0.717, 1.165) is 29.7 Å². The Morgan fingerprint density at radius 1 is 1.56 bits per heavy atom. The van der Waals surface area contributed by atoms with Crippen LogP contribution >= 0.6 is 15.9 Å². The first-order valence-corrected chi connectivity index (χ1v) is 6.72. The van der Waals surface area contributed by atoms with Crippen LogP contribution in [0.4, 0.5) is 0 Å². The van der Waals surface area contributed by atoms with Gasteiger partial charge >= 0.3 is 0 Å². The highest BCUT2D eigenvalue weighted by atomic mass is 79.9. The molecular weight excluding hydrogens is 296 g/mol. The molecule has 1 atom stereocenters. The summed E-state index contributed by atoms with van der Waals surface area (Å²) in [6.07, 6.45) is 1.01. The maximum absolute atomic E-state index is 12.1. The van der Waals surface area contributed by atoms with Crippen LogP contribution in [0.2, 0.25) is 0 Å². The normalized spacial score (nSPS) is 19.8. The first-order valence-electron chi connectivity index (χ1n) is 5.93. The summed E-state index contributed by atoms with van der Waals surface area (Å²) in [6.45, 7) is 1.96. The van der Waals surface area contributed by atoms with E-state index in [1.807, 2.05) is 0 Å². The molecule has 5 heteroatoms. The lowest BCUT2D eigenvalue weighted by Crippen LogP contribution is -2.36. The molecule has 1 aliphatic heterocycles.